The minimum Gasteiger partial charge on any atom is -0.378 e. The molecule has 0 bridgehead atoms. The van der Waals surface area contributed by atoms with Gasteiger partial charge in [0, 0.05) is 13.0 Å². The smallest absolute Gasteiger partial charge is 0.224 e. The van der Waals surface area contributed by atoms with Gasteiger partial charge in [-0.2, -0.15) is 0 Å². The number of aryl methyl sites for hydroxylation is 1. The molecular formula is C14H19BrN2O2. The molecule has 0 radical (unpaired) electrons. The quantitative estimate of drug-likeness (QED) is 0.844. The van der Waals surface area contributed by atoms with Gasteiger partial charge in [-0.25, -0.2) is 4.98 Å². The lowest BCUT2D eigenvalue weighted by atomic mass is 9.80. The lowest BCUT2D eigenvalue weighted by molar-refractivity contribution is -0.119. The summed E-state index contributed by atoms with van der Waals surface area (Å²) in [5.74, 6) is 0.521. The molecule has 5 heteroatoms. The lowest BCUT2D eigenvalue weighted by Crippen LogP contribution is -2.33. The van der Waals surface area contributed by atoms with E-state index >= 15 is 0 Å². The van der Waals surface area contributed by atoms with E-state index < -0.39 is 0 Å². The maximum atomic E-state index is 11.9. The van der Waals surface area contributed by atoms with Crippen LogP contribution in [0, 0.1) is 12.8 Å². The first-order chi connectivity index (χ1) is 9.08. The Bertz CT molecular complexity index is 459. The number of pyridine rings is 1. The van der Waals surface area contributed by atoms with Gasteiger partial charge in [-0.1, -0.05) is 0 Å². The number of halogens is 1. The van der Waals surface area contributed by atoms with Crippen LogP contribution in [0.1, 0.15) is 31.9 Å². The van der Waals surface area contributed by atoms with Crippen molar-refractivity contribution in [2.24, 2.45) is 5.92 Å². The molecule has 1 aromatic heterocycles. The molecule has 0 aliphatic heterocycles. The van der Waals surface area contributed by atoms with Gasteiger partial charge in [0.1, 0.15) is 4.60 Å². The van der Waals surface area contributed by atoms with Crippen molar-refractivity contribution in [2.45, 2.75) is 39.2 Å². The van der Waals surface area contributed by atoms with Crippen molar-refractivity contribution in [3.8, 4) is 0 Å². The number of carbonyl (C=O) groups excluding carboxylic acids is 1. The molecule has 1 heterocycles. The summed E-state index contributed by atoms with van der Waals surface area (Å²) >= 11 is 3.31. The van der Waals surface area contributed by atoms with Crippen LogP contribution < -0.4 is 5.32 Å². The maximum Gasteiger partial charge on any atom is 0.224 e. The lowest BCUT2D eigenvalue weighted by Gasteiger charge is -2.34. The minimum atomic E-state index is 0.0622. The Labute approximate surface area is 122 Å². The first-order valence-electron chi connectivity index (χ1n) is 6.63. The van der Waals surface area contributed by atoms with Crippen LogP contribution in [0.15, 0.2) is 16.7 Å². The summed E-state index contributed by atoms with van der Waals surface area (Å²) in [6.07, 6.45) is 2.93. The number of nitrogens with one attached hydrogen (secondary N) is 1. The van der Waals surface area contributed by atoms with Gasteiger partial charge in [0.25, 0.3) is 0 Å². The van der Waals surface area contributed by atoms with Crippen molar-refractivity contribution in [3.63, 3.8) is 0 Å². The summed E-state index contributed by atoms with van der Waals surface area (Å²) in [6.45, 7) is 4.64. The predicted octanol–water partition coefficient (Wildman–Crippen LogP) is 3.30. The number of anilines is 1. The molecule has 0 unspecified atom stereocenters. The molecule has 19 heavy (non-hydrogen) atoms. The Morgan fingerprint density at radius 2 is 2.26 bits per heavy atom. The third kappa shape index (κ3) is 4.01. The Morgan fingerprint density at radius 3 is 2.89 bits per heavy atom. The second-order valence-corrected chi connectivity index (χ2v) is 5.75. The standard InChI is InChI=1S/C14H19BrN2O2/c1-3-19-11-6-10(7-11)8-14(18)17-12-4-5-13(15)16-9(12)2/h4-5,10-11H,3,6-8H2,1-2H3,(H,17,18). The Kier molecular flexibility index (Phi) is 4.93. The first kappa shape index (κ1) is 14.5. The van der Waals surface area contributed by atoms with E-state index in [1.54, 1.807) is 0 Å². The van der Waals surface area contributed by atoms with E-state index in [4.69, 9.17) is 4.74 Å². The summed E-state index contributed by atoms with van der Waals surface area (Å²) < 4.78 is 6.27. The molecule has 1 aromatic rings. The molecule has 1 aliphatic rings. The highest BCUT2D eigenvalue weighted by molar-refractivity contribution is 9.10. The molecule has 4 nitrogen and oxygen atoms in total. The molecule has 0 spiro atoms. The monoisotopic (exact) mass is 326 g/mol. The third-order valence-electron chi connectivity index (χ3n) is 3.39. The van der Waals surface area contributed by atoms with E-state index in [-0.39, 0.29) is 5.91 Å². The van der Waals surface area contributed by atoms with E-state index in [0.717, 1.165) is 35.4 Å². The van der Waals surface area contributed by atoms with Gasteiger partial charge < -0.3 is 10.1 Å². The number of hydrogen-bond acceptors (Lipinski definition) is 3. The maximum absolute atomic E-state index is 11.9. The fraction of sp³-hybridized carbons (Fsp3) is 0.571. The Hall–Kier alpha value is -0.940. The zero-order valence-electron chi connectivity index (χ0n) is 11.3. The largest absolute Gasteiger partial charge is 0.378 e. The molecular weight excluding hydrogens is 308 g/mol. The Morgan fingerprint density at radius 1 is 1.53 bits per heavy atom. The van der Waals surface area contributed by atoms with Crippen molar-refractivity contribution in [1.82, 2.24) is 4.98 Å². The van der Waals surface area contributed by atoms with Crippen LogP contribution >= 0.6 is 15.9 Å². The molecule has 1 amide bonds. The number of aromatic nitrogens is 1. The van der Waals surface area contributed by atoms with E-state index in [0.29, 0.717) is 18.4 Å². The predicted molar refractivity (Wildman–Crippen MR) is 78.1 cm³/mol. The molecule has 1 aliphatic carbocycles. The van der Waals surface area contributed by atoms with E-state index in [1.165, 1.54) is 0 Å². The molecule has 2 rings (SSSR count). The molecule has 0 saturated heterocycles. The highest BCUT2D eigenvalue weighted by Crippen LogP contribution is 2.33. The molecule has 1 N–H and O–H groups in total. The number of amides is 1. The molecule has 1 fully saturated rings. The van der Waals surface area contributed by atoms with Gasteiger partial charge in [-0.3, -0.25) is 4.79 Å². The number of hydrogen-bond donors (Lipinski definition) is 1. The minimum absolute atomic E-state index is 0.0622. The van der Waals surface area contributed by atoms with Crippen LogP contribution in [0.3, 0.4) is 0 Å². The van der Waals surface area contributed by atoms with Crippen molar-refractivity contribution in [2.75, 3.05) is 11.9 Å². The third-order valence-corrected chi connectivity index (χ3v) is 3.84. The van der Waals surface area contributed by atoms with Crippen LogP contribution in [0.4, 0.5) is 5.69 Å². The fourth-order valence-corrected chi connectivity index (χ4v) is 2.74. The summed E-state index contributed by atoms with van der Waals surface area (Å²) in [6, 6.07) is 3.70. The summed E-state index contributed by atoms with van der Waals surface area (Å²) in [5.41, 5.74) is 1.61. The van der Waals surface area contributed by atoms with Crippen LogP contribution in [0.2, 0.25) is 0 Å². The molecule has 0 aromatic carbocycles. The van der Waals surface area contributed by atoms with E-state index in [2.05, 4.69) is 26.2 Å². The van der Waals surface area contributed by atoms with Gasteiger partial charge in [-0.15, -0.1) is 0 Å². The van der Waals surface area contributed by atoms with E-state index in [1.807, 2.05) is 26.0 Å². The first-order valence-corrected chi connectivity index (χ1v) is 7.42. The Balaban J connectivity index is 1.79. The molecule has 104 valence electrons. The van der Waals surface area contributed by atoms with Gasteiger partial charge in [0.05, 0.1) is 17.5 Å². The number of nitrogens with zero attached hydrogens (tertiary/aromatic N) is 1. The topological polar surface area (TPSA) is 51.2 Å². The van der Waals surface area contributed by atoms with E-state index in [9.17, 15) is 4.79 Å². The SMILES string of the molecule is CCOC1CC(CC(=O)Nc2ccc(Br)nc2C)C1. The highest BCUT2D eigenvalue weighted by atomic mass is 79.9. The van der Waals surface area contributed by atoms with Crippen molar-refractivity contribution < 1.29 is 9.53 Å². The van der Waals surface area contributed by atoms with Crippen molar-refractivity contribution >= 4 is 27.5 Å². The van der Waals surface area contributed by atoms with Crippen molar-refractivity contribution in [3.05, 3.63) is 22.4 Å². The van der Waals surface area contributed by atoms with Crippen LogP contribution in [-0.4, -0.2) is 23.6 Å². The zero-order chi connectivity index (χ0) is 13.8. The van der Waals surface area contributed by atoms with Crippen LogP contribution in [0.25, 0.3) is 0 Å². The van der Waals surface area contributed by atoms with Crippen LogP contribution in [0.5, 0.6) is 0 Å². The highest BCUT2D eigenvalue weighted by Gasteiger charge is 2.31. The van der Waals surface area contributed by atoms with Crippen molar-refractivity contribution in [1.29, 1.82) is 0 Å². The second kappa shape index (κ2) is 6.48. The molecule has 1 saturated carbocycles. The van der Waals surface area contributed by atoms with Gasteiger partial charge in [0.15, 0.2) is 0 Å². The summed E-state index contributed by atoms with van der Waals surface area (Å²) in [7, 11) is 0. The average molecular weight is 327 g/mol. The second-order valence-electron chi connectivity index (χ2n) is 4.93. The number of carbonyl (C=O) groups is 1. The summed E-state index contributed by atoms with van der Waals surface area (Å²) in [4.78, 5) is 16.2. The van der Waals surface area contributed by atoms with Gasteiger partial charge >= 0.3 is 0 Å². The average Bonchev–Trinajstić information content (AvgIpc) is 2.30. The van der Waals surface area contributed by atoms with Gasteiger partial charge in [-0.05, 0) is 60.7 Å². The van der Waals surface area contributed by atoms with Crippen LogP contribution in [-0.2, 0) is 9.53 Å². The fourth-order valence-electron chi connectivity index (χ4n) is 2.34. The summed E-state index contributed by atoms with van der Waals surface area (Å²) in [5, 5.41) is 2.92. The number of rotatable bonds is 5. The molecule has 0 atom stereocenters. The normalized spacial score (nSPS) is 21.8. The number of ether oxygens (including phenoxy) is 1. The van der Waals surface area contributed by atoms with Gasteiger partial charge in [0.2, 0.25) is 5.91 Å². The zero-order valence-corrected chi connectivity index (χ0v) is 12.9.